The summed E-state index contributed by atoms with van der Waals surface area (Å²) in [6.45, 7) is 4.29. The van der Waals surface area contributed by atoms with Gasteiger partial charge in [-0.2, -0.15) is 0 Å². The van der Waals surface area contributed by atoms with Crippen LogP contribution in [0.15, 0.2) is 42.5 Å². The van der Waals surface area contributed by atoms with Crippen LogP contribution in [0.3, 0.4) is 0 Å². The van der Waals surface area contributed by atoms with Crippen LogP contribution in [-0.2, 0) is 0 Å². The molecule has 1 atom stereocenters. The summed E-state index contributed by atoms with van der Waals surface area (Å²) in [5, 5.41) is 10.9. The maximum absolute atomic E-state index is 10.4. The second-order valence-electron chi connectivity index (χ2n) is 5.11. The molecule has 1 unspecified atom stereocenters. The molecule has 2 nitrogen and oxygen atoms in total. The summed E-state index contributed by atoms with van der Waals surface area (Å²) in [4.78, 5) is 0. The maximum Gasteiger partial charge on any atom is 0.120 e. The van der Waals surface area contributed by atoms with Crippen molar-refractivity contribution in [2.45, 2.75) is 25.9 Å². The topological polar surface area (TPSA) is 29.5 Å². The lowest BCUT2D eigenvalue weighted by atomic mass is 9.97. The summed E-state index contributed by atoms with van der Waals surface area (Å²) >= 11 is 6.19. The molecule has 0 fully saturated rings. The van der Waals surface area contributed by atoms with Gasteiger partial charge in [0.25, 0.3) is 0 Å². The van der Waals surface area contributed by atoms with E-state index in [2.05, 4.69) is 13.8 Å². The zero-order chi connectivity index (χ0) is 14.7. The summed E-state index contributed by atoms with van der Waals surface area (Å²) in [7, 11) is 1.59. The van der Waals surface area contributed by atoms with Crippen LogP contribution in [0.5, 0.6) is 5.75 Å². The van der Waals surface area contributed by atoms with Gasteiger partial charge in [0.15, 0.2) is 0 Å². The Hall–Kier alpha value is -1.51. The predicted octanol–water partition coefficient (Wildman–Crippen LogP) is 4.55. The Morgan fingerprint density at radius 2 is 1.60 bits per heavy atom. The quantitative estimate of drug-likeness (QED) is 0.895. The molecule has 0 amide bonds. The van der Waals surface area contributed by atoms with Gasteiger partial charge in [0, 0.05) is 5.56 Å². The van der Waals surface area contributed by atoms with E-state index in [9.17, 15) is 5.11 Å². The lowest BCUT2D eigenvalue weighted by Crippen LogP contribution is -2.01. The highest BCUT2D eigenvalue weighted by Gasteiger charge is 2.14. The van der Waals surface area contributed by atoms with Gasteiger partial charge in [-0.1, -0.05) is 55.8 Å². The van der Waals surface area contributed by atoms with E-state index >= 15 is 0 Å². The van der Waals surface area contributed by atoms with Crippen LogP contribution in [0.2, 0.25) is 5.02 Å². The number of aliphatic hydroxyl groups is 1. The van der Waals surface area contributed by atoms with Gasteiger partial charge in [-0.3, -0.25) is 0 Å². The third kappa shape index (κ3) is 3.14. The fourth-order valence-electron chi connectivity index (χ4n) is 2.10. The lowest BCUT2D eigenvalue weighted by Gasteiger charge is -2.15. The fourth-order valence-corrected chi connectivity index (χ4v) is 2.37. The first kappa shape index (κ1) is 14.9. The minimum atomic E-state index is -0.727. The van der Waals surface area contributed by atoms with Gasteiger partial charge in [0.2, 0.25) is 0 Å². The molecule has 0 saturated heterocycles. The minimum absolute atomic E-state index is 0.478. The van der Waals surface area contributed by atoms with Crippen molar-refractivity contribution in [3.63, 3.8) is 0 Å². The zero-order valence-corrected chi connectivity index (χ0v) is 12.7. The van der Waals surface area contributed by atoms with Gasteiger partial charge >= 0.3 is 0 Å². The molecular formula is C17H19ClO2. The molecule has 0 saturated carbocycles. The van der Waals surface area contributed by atoms with Gasteiger partial charge in [0.05, 0.1) is 12.1 Å². The van der Waals surface area contributed by atoms with Crippen LogP contribution in [0, 0.1) is 0 Å². The van der Waals surface area contributed by atoms with E-state index < -0.39 is 6.10 Å². The van der Waals surface area contributed by atoms with Crippen LogP contribution < -0.4 is 4.74 Å². The highest BCUT2D eigenvalue weighted by Crippen LogP contribution is 2.31. The molecule has 0 aliphatic heterocycles. The Labute approximate surface area is 125 Å². The summed E-state index contributed by atoms with van der Waals surface area (Å²) in [6.07, 6.45) is -0.727. The monoisotopic (exact) mass is 290 g/mol. The first-order valence-corrected chi connectivity index (χ1v) is 7.02. The second kappa shape index (κ2) is 6.29. The Bertz CT molecular complexity index is 576. The Morgan fingerprint density at radius 1 is 1.00 bits per heavy atom. The number of benzene rings is 2. The normalized spacial score (nSPS) is 12.5. The highest BCUT2D eigenvalue weighted by molar-refractivity contribution is 6.31. The molecule has 0 aromatic heterocycles. The van der Waals surface area contributed by atoms with E-state index in [1.54, 1.807) is 25.3 Å². The number of halogens is 1. The molecule has 3 heteroatoms. The molecule has 2 rings (SSSR count). The zero-order valence-electron chi connectivity index (χ0n) is 11.9. The smallest absolute Gasteiger partial charge is 0.120 e. The number of methoxy groups -OCH3 is 1. The SMILES string of the molecule is COc1ccc(C(O)c2ccc(C(C)C)cc2)c(Cl)c1. The van der Waals surface area contributed by atoms with Crippen LogP contribution in [0.1, 0.15) is 42.6 Å². The molecule has 2 aromatic carbocycles. The van der Waals surface area contributed by atoms with E-state index in [4.69, 9.17) is 16.3 Å². The molecule has 0 radical (unpaired) electrons. The first-order valence-electron chi connectivity index (χ1n) is 6.64. The Morgan fingerprint density at radius 3 is 2.10 bits per heavy atom. The van der Waals surface area contributed by atoms with Crippen LogP contribution >= 0.6 is 11.6 Å². The summed E-state index contributed by atoms with van der Waals surface area (Å²) in [6, 6.07) is 13.3. The van der Waals surface area contributed by atoms with E-state index in [0.29, 0.717) is 22.3 Å². The molecular weight excluding hydrogens is 272 g/mol. The van der Waals surface area contributed by atoms with Crippen LogP contribution in [-0.4, -0.2) is 12.2 Å². The van der Waals surface area contributed by atoms with Crippen molar-refractivity contribution in [3.05, 3.63) is 64.2 Å². The molecule has 106 valence electrons. The van der Waals surface area contributed by atoms with Gasteiger partial charge < -0.3 is 9.84 Å². The molecule has 20 heavy (non-hydrogen) atoms. The third-order valence-corrected chi connectivity index (χ3v) is 3.75. The molecule has 0 aliphatic rings. The second-order valence-corrected chi connectivity index (χ2v) is 5.52. The fraction of sp³-hybridized carbons (Fsp3) is 0.294. The maximum atomic E-state index is 10.4. The van der Waals surface area contributed by atoms with Crippen molar-refractivity contribution in [2.24, 2.45) is 0 Å². The molecule has 0 aliphatic carbocycles. The highest BCUT2D eigenvalue weighted by atomic mass is 35.5. The largest absolute Gasteiger partial charge is 0.497 e. The number of hydrogen-bond acceptors (Lipinski definition) is 2. The van der Waals surface area contributed by atoms with Crippen molar-refractivity contribution in [1.82, 2.24) is 0 Å². The van der Waals surface area contributed by atoms with Crippen LogP contribution in [0.25, 0.3) is 0 Å². The number of aliphatic hydroxyl groups excluding tert-OH is 1. The molecule has 0 spiro atoms. The van der Waals surface area contributed by atoms with Gasteiger partial charge in [-0.05, 0) is 29.2 Å². The Balaban J connectivity index is 2.28. The average Bonchev–Trinajstić information content (AvgIpc) is 2.46. The van der Waals surface area contributed by atoms with Crippen molar-refractivity contribution < 1.29 is 9.84 Å². The minimum Gasteiger partial charge on any atom is -0.497 e. The standard InChI is InChI=1S/C17H19ClO2/c1-11(2)12-4-6-13(7-5-12)17(19)15-9-8-14(20-3)10-16(15)18/h4-11,17,19H,1-3H3. The molecule has 1 N–H and O–H groups in total. The number of ether oxygens (including phenoxy) is 1. The molecule has 0 bridgehead atoms. The number of rotatable bonds is 4. The molecule has 2 aromatic rings. The summed E-state index contributed by atoms with van der Waals surface area (Å²) < 4.78 is 5.11. The first-order chi connectivity index (χ1) is 9.52. The molecule has 0 heterocycles. The van der Waals surface area contributed by atoms with Crippen molar-refractivity contribution in [1.29, 1.82) is 0 Å². The van der Waals surface area contributed by atoms with Crippen molar-refractivity contribution in [3.8, 4) is 5.75 Å². The third-order valence-electron chi connectivity index (χ3n) is 3.42. The van der Waals surface area contributed by atoms with E-state index in [1.165, 1.54) is 5.56 Å². The average molecular weight is 291 g/mol. The lowest BCUT2D eigenvalue weighted by molar-refractivity contribution is 0.220. The Kier molecular flexibility index (Phi) is 4.69. The predicted molar refractivity (Wildman–Crippen MR) is 82.6 cm³/mol. The van der Waals surface area contributed by atoms with Gasteiger partial charge in [0.1, 0.15) is 11.9 Å². The summed E-state index contributed by atoms with van der Waals surface area (Å²) in [5.74, 6) is 1.16. The van der Waals surface area contributed by atoms with E-state index in [-0.39, 0.29) is 0 Å². The summed E-state index contributed by atoms with van der Waals surface area (Å²) in [5.41, 5.74) is 2.77. The van der Waals surface area contributed by atoms with Gasteiger partial charge in [-0.25, -0.2) is 0 Å². The van der Waals surface area contributed by atoms with Gasteiger partial charge in [-0.15, -0.1) is 0 Å². The van der Waals surface area contributed by atoms with E-state index in [1.807, 2.05) is 24.3 Å². The van der Waals surface area contributed by atoms with Crippen molar-refractivity contribution >= 4 is 11.6 Å². The number of hydrogen-bond donors (Lipinski definition) is 1. The van der Waals surface area contributed by atoms with Crippen molar-refractivity contribution in [2.75, 3.05) is 7.11 Å². The van der Waals surface area contributed by atoms with E-state index in [0.717, 1.165) is 5.56 Å². The van der Waals surface area contributed by atoms with Crippen LogP contribution in [0.4, 0.5) is 0 Å².